The van der Waals surface area contributed by atoms with Crippen LogP contribution < -0.4 is 10.1 Å². The highest BCUT2D eigenvalue weighted by Gasteiger charge is 2.15. The molecule has 1 amide bonds. The summed E-state index contributed by atoms with van der Waals surface area (Å²) in [6.07, 6.45) is 0.789. The molecule has 2 N–H and O–H groups in total. The summed E-state index contributed by atoms with van der Waals surface area (Å²) in [5.74, 6) is -0.170. The van der Waals surface area contributed by atoms with Crippen molar-refractivity contribution in [1.82, 2.24) is 4.83 Å². The first-order valence-electron chi connectivity index (χ1n) is 9.51. The van der Waals surface area contributed by atoms with E-state index < -0.39 is 10.0 Å². The number of nitrogens with one attached hydrogen (secondary N) is 2. The second kappa shape index (κ2) is 9.64. The van der Waals surface area contributed by atoms with E-state index in [9.17, 15) is 13.2 Å². The lowest BCUT2D eigenvalue weighted by Crippen LogP contribution is -2.20. The molecular formula is C22H22ClN3O3S2. The van der Waals surface area contributed by atoms with Gasteiger partial charge in [-0.2, -0.15) is 18.4 Å². The van der Waals surface area contributed by atoms with E-state index in [0.29, 0.717) is 27.5 Å². The molecule has 2 aromatic carbocycles. The number of rotatable bonds is 7. The minimum Gasteiger partial charge on any atom is -0.322 e. The maximum atomic E-state index is 12.7. The number of amides is 1. The fourth-order valence-electron chi connectivity index (χ4n) is 2.99. The maximum Gasteiger partial charge on any atom is 0.276 e. The molecule has 0 saturated carbocycles. The summed E-state index contributed by atoms with van der Waals surface area (Å²) in [7, 11) is -3.82. The number of benzene rings is 2. The van der Waals surface area contributed by atoms with Gasteiger partial charge in [0.15, 0.2) is 0 Å². The second-order valence-electron chi connectivity index (χ2n) is 6.82. The highest BCUT2D eigenvalue weighted by molar-refractivity contribution is 7.89. The minimum absolute atomic E-state index is 0.0623. The van der Waals surface area contributed by atoms with Gasteiger partial charge in [-0.05, 0) is 67.8 Å². The Bertz CT molecular complexity index is 1230. The predicted molar refractivity (Wildman–Crippen MR) is 127 cm³/mol. The zero-order valence-electron chi connectivity index (χ0n) is 17.3. The molecule has 1 aromatic heterocycles. The third-order valence-electron chi connectivity index (χ3n) is 4.70. The summed E-state index contributed by atoms with van der Waals surface area (Å²) in [5.41, 5.74) is 3.45. The summed E-state index contributed by atoms with van der Waals surface area (Å²) in [6, 6.07) is 12.9. The normalized spacial score (nSPS) is 11.9. The molecule has 0 spiro atoms. The van der Waals surface area contributed by atoms with Crippen LogP contribution in [0.25, 0.3) is 0 Å². The predicted octanol–water partition coefficient (Wildman–Crippen LogP) is 5.23. The van der Waals surface area contributed by atoms with Crippen LogP contribution >= 0.6 is 22.9 Å². The molecule has 0 fully saturated rings. The number of carbonyl (C=O) groups excluding carboxylic acids is 1. The van der Waals surface area contributed by atoms with Gasteiger partial charge in [0.25, 0.3) is 15.9 Å². The number of hydrogen-bond acceptors (Lipinski definition) is 5. The van der Waals surface area contributed by atoms with Crippen LogP contribution in [-0.2, 0) is 16.4 Å². The zero-order chi connectivity index (χ0) is 22.6. The van der Waals surface area contributed by atoms with Gasteiger partial charge in [0.05, 0.1) is 16.2 Å². The SMILES string of the molecule is CCc1c(C(=O)Nc2cccc(/C(C)=N/NS(=O)(=O)c3ccc(Cl)cc3)c2)csc1C. The number of hydrogen-bond donors (Lipinski definition) is 2. The molecule has 0 atom stereocenters. The number of halogens is 1. The lowest BCUT2D eigenvalue weighted by molar-refractivity contribution is 0.102. The minimum atomic E-state index is -3.82. The number of carbonyl (C=O) groups is 1. The molecule has 0 bridgehead atoms. The lowest BCUT2D eigenvalue weighted by Gasteiger charge is -2.09. The second-order valence-corrected chi connectivity index (χ2v) is 10.00. The van der Waals surface area contributed by atoms with Gasteiger partial charge in [0, 0.05) is 21.0 Å². The van der Waals surface area contributed by atoms with E-state index in [0.717, 1.165) is 16.9 Å². The quantitative estimate of drug-likeness (QED) is 0.362. The van der Waals surface area contributed by atoms with Crippen molar-refractivity contribution in [3.63, 3.8) is 0 Å². The van der Waals surface area contributed by atoms with Crippen LogP contribution in [0.3, 0.4) is 0 Å². The topological polar surface area (TPSA) is 87.6 Å². The number of sulfonamides is 1. The Hall–Kier alpha value is -2.68. The Morgan fingerprint density at radius 1 is 1.16 bits per heavy atom. The summed E-state index contributed by atoms with van der Waals surface area (Å²) in [6.45, 7) is 5.71. The third kappa shape index (κ3) is 5.52. The van der Waals surface area contributed by atoms with Gasteiger partial charge in [-0.1, -0.05) is 30.7 Å². The standard InChI is InChI=1S/C22H22ClN3O3S2/c1-4-20-15(3)30-13-21(20)22(27)24-18-7-5-6-16(12-18)14(2)25-26-31(28,29)19-10-8-17(23)9-11-19/h5-13,26H,4H2,1-3H3,(H,24,27)/b25-14+. The average Bonchev–Trinajstić information content (AvgIpc) is 3.13. The molecule has 0 aliphatic rings. The van der Waals surface area contributed by atoms with Crippen molar-refractivity contribution >= 4 is 50.3 Å². The highest BCUT2D eigenvalue weighted by atomic mass is 35.5. The molecule has 0 aliphatic carbocycles. The van der Waals surface area contributed by atoms with Crippen LogP contribution in [0.15, 0.2) is 63.9 Å². The fraction of sp³-hybridized carbons (Fsp3) is 0.182. The molecule has 9 heteroatoms. The zero-order valence-corrected chi connectivity index (χ0v) is 19.7. The number of hydrazone groups is 1. The van der Waals surface area contributed by atoms with Crippen molar-refractivity contribution < 1.29 is 13.2 Å². The van der Waals surface area contributed by atoms with Gasteiger partial charge in [-0.25, -0.2) is 0 Å². The van der Waals surface area contributed by atoms with Crippen LogP contribution in [0.1, 0.15) is 40.2 Å². The Morgan fingerprint density at radius 2 is 1.87 bits per heavy atom. The molecule has 0 unspecified atom stereocenters. The number of nitrogens with zero attached hydrogens (tertiary/aromatic N) is 1. The van der Waals surface area contributed by atoms with Crippen molar-refractivity contribution in [3.8, 4) is 0 Å². The van der Waals surface area contributed by atoms with E-state index in [2.05, 4.69) is 15.2 Å². The van der Waals surface area contributed by atoms with Gasteiger partial charge in [-0.3, -0.25) is 4.79 Å². The molecule has 0 saturated heterocycles. The third-order valence-corrected chi connectivity index (χ3v) is 7.13. The van der Waals surface area contributed by atoms with Crippen LogP contribution in [0.5, 0.6) is 0 Å². The van der Waals surface area contributed by atoms with Crippen LogP contribution in [0.2, 0.25) is 5.02 Å². The van der Waals surface area contributed by atoms with Crippen LogP contribution in [0, 0.1) is 6.92 Å². The van der Waals surface area contributed by atoms with E-state index in [-0.39, 0.29) is 10.8 Å². The van der Waals surface area contributed by atoms with Gasteiger partial charge in [-0.15, -0.1) is 11.3 Å². The molecule has 31 heavy (non-hydrogen) atoms. The summed E-state index contributed by atoms with van der Waals surface area (Å²) in [4.78, 5) is 16.1. The van der Waals surface area contributed by atoms with Gasteiger partial charge in [0.2, 0.25) is 0 Å². The van der Waals surface area contributed by atoms with E-state index in [4.69, 9.17) is 11.6 Å². The molecule has 162 valence electrons. The Morgan fingerprint density at radius 3 is 2.55 bits per heavy atom. The highest BCUT2D eigenvalue weighted by Crippen LogP contribution is 2.23. The van der Waals surface area contributed by atoms with Gasteiger partial charge in [0.1, 0.15) is 0 Å². The molecule has 1 heterocycles. The van der Waals surface area contributed by atoms with Crippen molar-refractivity contribution in [2.75, 3.05) is 5.32 Å². The summed E-state index contributed by atoms with van der Waals surface area (Å²) >= 11 is 7.36. The first-order chi connectivity index (χ1) is 14.7. The molecule has 0 radical (unpaired) electrons. The van der Waals surface area contributed by atoms with E-state index in [1.165, 1.54) is 24.3 Å². The molecular weight excluding hydrogens is 454 g/mol. The van der Waals surface area contributed by atoms with E-state index in [1.54, 1.807) is 42.5 Å². The number of thiophene rings is 1. The van der Waals surface area contributed by atoms with Crippen molar-refractivity contribution in [3.05, 3.63) is 80.5 Å². The Kier molecular flexibility index (Phi) is 7.15. The molecule has 3 rings (SSSR count). The van der Waals surface area contributed by atoms with Crippen molar-refractivity contribution in [1.29, 1.82) is 0 Å². The summed E-state index contributed by atoms with van der Waals surface area (Å²) in [5, 5.41) is 9.23. The van der Waals surface area contributed by atoms with Crippen LogP contribution in [0.4, 0.5) is 5.69 Å². The largest absolute Gasteiger partial charge is 0.322 e. The van der Waals surface area contributed by atoms with Crippen molar-refractivity contribution in [2.24, 2.45) is 5.10 Å². The Labute approximate surface area is 191 Å². The average molecular weight is 476 g/mol. The number of aryl methyl sites for hydroxylation is 1. The number of anilines is 1. The van der Waals surface area contributed by atoms with Gasteiger partial charge < -0.3 is 5.32 Å². The molecule has 6 nitrogen and oxygen atoms in total. The Balaban J connectivity index is 1.75. The van der Waals surface area contributed by atoms with Gasteiger partial charge >= 0.3 is 0 Å². The maximum absolute atomic E-state index is 12.7. The monoisotopic (exact) mass is 475 g/mol. The first kappa shape index (κ1) is 23.0. The van der Waals surface area contributed by atoms with Crippen molar-refractivity contribution in [2.45, 2.75) is 32.1 Å². The first-order valence-corrected chi connectivity index (χ1v) is 12.3. The van der Waals surface area contributed by atoms with E-state index in [1.807, 2.05) is 19.2 Å². The molecule has 0 aliphatic heterocycles. The smallest absolute Gasteiger partial charge is 0.276 e. The molecule has 3 aromatic rings. The van der Waals surface area contributed by atoms with E-state index >= 15 is 0 Å². The summed E-state index contributed by atoms with van der Waals surface area (Å²) < 4.78 is 24.8. The van der Waals surface area contributed by atoms with Crippen LogP contribution in [-0.4, -0.2) is 20.0 Å². The lowest BCUT2D eigenvalue weighted by atomic mass is 10.1. The fourth-order valence-corrected chi connectivity index (χ4v) is 4.91.